The van der Waals surface area contributed by atoms with Gasteiger partial charge in [-0.25, -0.2) is 4.79 Å². The topological polar surface area (TPSA) is 114 Å². The molecule has 2 atom stereocenters. The minimum atomic E-state index is -4.87. The molecule has 5 rings (SSSR count). The van der Waals surface area contributed by atoms with Crippen LogP contribution in [0.25, 0.3) is 22.0 Å². The summed E-state index contributed by atoms with van der Waals surface area (Å²) >= 11 is 6.40. The van der Waals surface area contributed by atoms with Gasteiger partial charge in [0.25, 0.3) is 11.5 Å². The number of carbonyl (C=O) groups is 2. The fraction of sp³-hybridized carbons (Fsp3) is 0.333. The molecule has 260 valence electrons. The Bertz CT molecular complexity index is 1990. The predicted octanol–water partition coefficient (Wildman–Crippen LogP) is 6.08. The van der Waals surface area contributed by atoms with Crippen molar-refractivity contribution in [3.8, 4) is 11.1 Å². The molecule has 0 saturated carbocycles. The van der Waals surface area contributed by atoms with Gasteiger partial charge in [-0.3, -0.25) is 14.6 Å². The number of morpholine rings is 1. The number of carboxylic acids is 1. The van der Waals surface area contributed by atoms with Crippen molar-refractivity contribution >= 4 is 40.1 Å². The number of hydrogen-bond donors (Lipinski definition) is 2. The number of aromatic nitrogens is 2. The van der Waals surface area contributed by atoms with Crippen molar-refractivity contribution in [1.82, 2.24) is 14.9 Å². The van der Waals surface area contributed by atoms with Crippen LogP contribution in [-0.2, 0) is 29.2 Å². The van der Waals surface area contributed by atoms with Crippen LogP contribution in [0.1, 0.15) is 32.7 Å². The predicted molar refractivity (Wildman–Crippen MR) is 169 cm³/mol. The third-order valence-electron chi connectivity index (χ3n) is 8.47. The van der Waals surface area contributed by atoms with Crippen LogP contribution in [0.2, 0.25) is 5.02 Å². The van der Waals surface area contributed by atoms with E-state index >= 15 is 0 Å². The summed E-state index contributed by atoms with van der Waals surface area (Å²) in [7, 11) is 1.34. The Kier molecular flexibility index (Phi) is 9.72. The van der Waals surface area contributed by atoms with Crippen LogP contribution >= 0.6 is 11.6 Å². The first-order valence-corrected chi connectivity index (χ1v) is 15.2. The number of anilines is 1. The Morgan fingerprint density at radius 2 is 1.84 bits per heavy atom. The summed E-state index contributed by atoms with van der Waals surface area (Å²) in [4.78, 5) is 44.3. The molecule has 1 saturated heterocycles. The third kappa shape index (κ3) is 7.08. The zero-order valence-electron chi connectivity index (χ0n) is 26.2. The van der Waals surface area contributed by atoms with E-state index in [9.17, 15) is 45.8 Å². The Hall–Kier alpha value is -4.63. The Labute approximate surface area is 280 Å². The van der Waals surface area contributed by atoms with E-state index in [4.69, 9.17) is 16.3 Å². The molecule has 0 radical (unpaired) electrons. The van der Waals surface area contributed by atoms with Gasteiger partial charge >= 0.3 is 18.3 Å². The molecular formula is C33H29ClF6N4O5. The van der Waals surface area contributed by atoms with Crippen LogP contribution in [0.4, 0.5) is 32.0 Å². The summed E-state index contributed by atoms with van der Waals surface area (Å²) in [6, 6.07) is 5.53. The first kappa shape index (κ1) is 35.7. The molecule has 2 N–H and O–H groups in total. The van der Waals surface area contributed by atoms with Gasteiger partial charge < -0.3 is 24.6 Å². The lowest BCUT2D eigenvalue weighted by Gasteiger charge is -2.38. The highest BCUT2D eigenvalue weighted by atomic mass is 35.5. The normalized spacial score (nSPS) is 16.1. The number of carboxylic acid groups (broad SMARTS) is 1. The summed E-state index contributed by atoms with van der Waals surface area (Å²) < 4.78 is 89.5. The molecule has 3 heterocycles. The number of hydrogen-bond acceptors (Lipinski definition) is 6. The van der Waals surface area contributed by atoms with E-state index in [2.05, 4.69) is 10.3 Å². The van der Waals surface area contributed by atoms with E-state index in [0.29, 0.717) is 5.56 Å². The zero-order valence-corrected chi connectivity index (χ0v) is 26.9. The van der Waals surface area contributed by atoms with E-state index in [-0.39, 0.29) is 63.6 Å². The van der Waals surface area contributed by atoms with Gasteiger partial charge in [-0.2, -0.15) is 26.3 Å². The first-order valence-electron chi connectivity index (χ1n) is 14.8. The molecule has 0 aliphatic carbocycles. The van der Waals surface area contributed by atoms with Gasteiger partial charge in [-0.15, -0.1) is 0 Å². The Morgan fingerprint density at radius 1 is 1.12 bits per heavy atom. The van der Waals surface area contributed by atoms with Gasteiger partial charge in [0.05, 0.1) is 40.4 Å². The number of benzene rings is 2. The van der Waals surface area contributed by atoms with Crippen LogP contribution < -0.4 is 15.8 Å². The largest absolute Gasteiger partial charge is 0.480 e. The smallest absolute Gasteiger partial charge is 0.417 e. The lowest BCUT2D eigenvalue weighted by molar-refractivity contribution is -0.167. The molecule has 4 aromatic rings. The van der Waals surface area contributed by atoms with Gasteiger partial charge in [-0.1, -0.05) is 29.8 Å². The van der Waals surface area contributed by atoms with Crippen LogP contribution in [0.5, 0.6) is 0 Å². The van der Waals surface area contributed by atoms with Gasteiger partial charge in [0, 0.05) is 48.5 Å². The minimum absolute atomic E-state index is 0.0108. The van der Waals surface area contributed by atoms with Crippen molar-refractivity contribution in [2.24, 2.45) is 7.05 Å². The third-order valence-corrected chi connectivity index (χ3v) is 8.77. The molecule has 2 aromatic carbocycles. The maximum absolute atomic E-state index is 14.1. The van der Waals surface area contributed by atoms with Crippen LogP contribution in [0.3, 0.4) is 0 Å². The molecule has 49 heavy (non-hydrogen) atoms. The molecule has 2 aromatic heterocycles. The zero-order chi connectivity index (χ0) is 36.0. The molecule has 9 nitrogen and oxygen atoms in total. The first-order chi connectivity index (χ1) is 22.9. The summed E-state index contributed by atoms with van der Waals surface area (Å²) in [6.45, 7) is 2.20. The second kappa shape index (κ2) is 13.3. The minimum Gasteiger partial charge on any atom is -0.480 e. The Morgan fingerprint density at radius 3 is 2.47 bits per heavy atom. The number of aliphatic carboxylic acids is 1. The molecular weight excluding hydrogens is 682 g/mol. The monoisotopic (exact) mass is 710 g/mol. The van der Waals surface area contributed by atoms with E-state index in [1.165, 1.54) is 63.5 Å². The summed E-state index contributed by atoms with van der Waals surface area (Å²) in [6.07, 6.45) is -8.50. The SMILES string of the molecule is Cc1cc(N2CCOC[C@@H]2C(F)(F)F)cc(Cl)c1C(=O)N[C@@H](Cc1ccc(-c2c(C(F)(F)F)cc(C)n(C)c2=O)c2ncccc12)C(=O)O. The quantitative estimate of drug-likeness (QED) is 0.224. The molecule has 16 heteroatoms. The molecule has 0 spiro atoms. The van der Waals surface area contributed by atoms with Gasteiger partial charge in [0.2, 0.25) is 0 Å². The Balaban J connectivity index is 1.48. The van der Waals surface area contributed by atoms with E-state index in [1.54, 1.807) is 0 Å². The molecule has 0 unspecified atom stereocenters. The maximum Gasteiger partial charge on any atom is 0.417 e. The van der Waals surface area contributed by atoms with Crippen molar-refractivity contribution in [3.05, 3.63) is 92.0 Å². The number of aryl methyl sites for hydroxylation is 2. The molecule has 0 bridgehead atoms. The number of amides is 1. The molecule has 1 aliphatic rings. The lowest BCUT2D eigenvalue weighted by Crippen LogP contribution is -2.53. The number of rotatable bonds is 7. The average molecular weight is 711 g/mol. The van der Waals surface area contributed by atoms with Crippen molar-refractivity contribution in [3.63, 3.8) is 0 Å². The number of ether oxygens (including phenoxy) is 1. The summed E-state index contributed by atoms with van der Waals surface area (Å²) in [5.74, 6) is -2.36. The van der Waals surface area contributed by atoms with E-state index in [1.807, 2.05) is 0 Å². The van der Waals surface area contributed by atoms with E-state index < -0.39 is 59.6 Å². The highest BCUT2D eigenvalue weighted by Crippen LogP contribution is 2.39. The number of nitrogens with one attached hydrogen (secondary N) is 1. The molecule has 1 fully saturated rings. The number of alkyl halides is 6. The summed E-state index contributed by atoms with van der Waals surface area (Å²) in [5, 5.41) is 12.5. The maximum atomic E-state index is 14.1. The number of pyridine rings is 2. The highest BCUT2D eigenvalue weighted by molar-refractivity contribution is 6.34. The van der Waals surface area contributed by atoms with Crippen LogP contribution in [-0.4, -0.2) is 64.6 Å². The number of fused-ring (bicyclic) bond motifs is 1. The van der Waals surface area contributed by atoms with Gasteiger partial charge in [-0.05, 0) is 49.2 Å². The fourth-order valence-electron chi connectivity index (χ4n) is 5.93. The number of carbonyl (C=O) groups excluding carboxylic acids is 1. The van der Waals surface area contributed by atoms with Crippen molar-refractivity contribution < 1.29 is 45.8 Å². The van der Waals surface area contributed by atoms with Crippen molar-refractivity contribution in [2.45, 2.75) is 44.7 Å². The van der Waals surface area contributed by atoms with Crippen molar-refractivity contribution in [2.75, 3.05) is 24.7 Å². The second-order valence-electron chi connectivity index (χ2n) is 11.6. The lowest BCUT2D eigenvalue weighted by atomic mass is 9.93. The van der Waals surface area contributed by atoms with Crippen LogP contribution in [0.15, 0.2) is 53.5 Å². The van der Waals surface area contributed by atoms with Gasteiger partial charge in [0.1, 0.15) is 12.1 Å². The average Bonchev–Trinajstić information content (AvgIpc) is 3.02. The van der Waals surface area contributed by atoms with E-state index in [0.717, 1.165) is 15.5 Å². The number of halogens is 7. The van der Waals surface area contributed by atoms with Gasteiger partial charge in [0.15, 0.2) is 0 Å². The van der Waals surface area contributed by atoms with Crippen molar-refractivity contribution in [1.29, 1.82) is 0 Å². The second-order valence-corrected chi connectivity index (χ2v) is 12.0. The standard InChI is InChI=1S/C33H29ClF6N4O5/c1-16-11-19(44-9-10-49-15-25(44)33(38,39)40)14-23(34)26(16)29(45)42-24(31(47)48)13-18-6-7-21(28-20(18)5-4-8-41-28)27-22(32(35,36)37)12-17(2)43(3)30(27)46/h4-8,11-12,14,24-25H,9-10,13,15H2,1-3H3,(H,42,45)(H,47,48)/t24-,25+/m0/s1. The fourth-order valence-corrected chi connectivity index (χ4v) is 6.28. The number of nitrogens with zero attached hydrogens (tertiary/aromatic N) is 3. The van der Waals surface area contributed by atoms with Crippen LogP contribution in [0, 0.1) is 13.8 Å². The summed E-state index contributed by atoms with van der Waals surface area (Å²) in [5.41, 5.74) is -2.24. The molecule has 1 amide bonds. The highest BCUT2D eigenvalue weighted by Gasteiger charge is 2.45. The molecule has 1 aliphatic heterocycles.